The van der Waals surface area contributed by atoms with Crippen LogP contribution in [-0.2, 0) is 12.8 Å². The topological polar surface area (TPSA) is 7.76 Å². The number of rotatable bonds is 7. The van der Waals surface area contributed by atoms with E-state index in [1.165, 1.54) is 33.5 Å². The molecule has 0 unspecified atom stereocenters. The summed E-state index contributed by atoms with van der Waals surface area (Å²) < 4.78 is 4.80. The number of pyridine rings is 2. The van der Waals surface area contributed by atoms with Gasteiger partial charge in [0.05, 0.1) is 0 Å². The van der Waals surface area contributed by atoms with Crippen molar-refractivity contribution >= 4 is 26.5 Å². The molecule has 3 heterocycles. The van der Waals surface area contributed by atoms with Gasteiger partial charge in [0.25, 0.3) is 0 Å². The monoisotopic (exact) mass is 524 g/mol. The van der Waals surface area contributed by atoms with Gasteiger partial charge in [0.15, 0.2) is 0 Å². The average Bonchev–Trinajstić information content (AvgIpc) is 3.00. The van der Waals surface area contributed by atoms with E-state index in [-0.39, 0.29) is 17.0 Å². The second-order valence-corrected chi connectivity index (χ2v) is 9.18. The third-order valence-corrected chi connectivity index (χ3v) is 7.29. The predicted molar refractivity (Wildman–Crippen MR) is 126 cm³/mol. The van der Waals surface area contributed by atoms with Gasteiger partial charge in [-0.05, 0) is 49.2 Å². The normalized spacial score (nSPS) is 13.1. The van der Waals surface area contributed by atoms with Gasteiger partial charge in [-0.2, -0.15) is 15.8 Å². The van der Waals surface area contributed by atoms with E-state index in [4.69, 9.17) is 0 Å². The molecule has 3 aromatic rings. The first-order valence-corrected chi connectivity index (χ1v) is 11.2. The number of aromatic nitrogens is 2. The molecule has 154 valence electrons. The number of fused-ring (bicyclic) bond motifs is 3. The predicted octanol–water partition coefficient (Wildman–Crippen LogP) is 1.43. The van der Waals surface area contributed by atoms with E-state index in [1.54, 1.807) is 0 Å². The zero-order valence-corrected chi connectivity index (χ0v) is 20.6. The molecule has 0 N–H and O–H groups in total. The number of hydrogen-bond donors (Lipinski definition) is 0. The molecule has 5 heteroatoms. The fourth-order valence-corrected chi connectivity index (χ4v) is 5.25. The standard InChI is InChI=1S/C25H27BBrN2.BrH/c1-4-6-8-21-14-16-28-24(18-21)25-19-22(9-7-5-2)15-17-29(25)26(28,27)23-12-10-20(3)11-13-23;/h4-5,10-19H,1-2,6-9H2,3H3;1H/q+1;/p-1. The molecule has 0 aliphatic carbocycles. The Morgan fingerprint density at radius 2 is 1.30 bits per heavy atom. The minimum atomic E-state index is -1.31. The van der Waals surface area contributed by atoms with Crippen molar-refractivity contribution in [2.75, 3.05) is 0 Å². The van der Waals surface area contributed by atoms with Crippen LogP contribution in [0.5, 0.6) is 0 Å². The lowest BCUT2D eigenvalue weighted by atomic mass is 9.67. The molecule has 0 atom stereocenters. The number of benzene rings is 1. The summed E-state index contributed by atoms with van der Waals surface area (Å²) in [5, 5.41) is -1.31. The van der Waals surface area contributed by atoms with Crippen LogP contribution in [0, 0.1) is 6.92 Å². The van der Waals surface area contributed by atoms with Crippen LogP contribution in [0.3, 0.4) is 0 Å². The summed E-state index contributed by atoms with van der Waals surface area (Å²) in [6.07, 6.45) is 12.5. The zero-order valence-electron chi connectivity index (χ0n) is 17.4. The largest absolute Gasteiger partial charge is 1.00 e. The van der Waals surface area contributed by atoms with Crippen LogP contribution in [-0.4, -0.2) is 5.24 Å². The molecule has 30 heavy (non-hydrogen) atoms. The summed E-state index contributed by atoms with van der Waals surface area (Å²) in [5.41, 5.74) is 7.73. The maximum absolute atomic E-state index is 4.19. The van der Waals surface area contributed by atoms with Gasteiger partial charge in [-0.1, -0.05) is 42.0 Å². The molecular formula is C25H27BBr2N2. The SMILES string of the molecule is C=CCCc1cc[n+]2c(c1)-c1cc(CCC=C)cc[n+]1[B-]2(Br)c1ccc(C)cc1.[Br-]. The Morgan fingerprint density at radius 3 is 1.73 bits per heavy atom. The molecular weight excluding hydrogens is 499 g/mol. The molecule has 2 aromatic heterocycles. The van der Waals surface area contributed by atoms with E-state index in [0.717, 1.165) is 25.7 Å². The first kappa shape index (κ1) is 22.7. The molecule has 1 aliphatic heterocycles. The lowest BCUT2D eigenvalue weighted by Crippen LogP contribution is -3.00. The smallest absolute Gasteiger partial charge is 0.634 e. The van der Waals surface area contributed by atoms with Crippen molar-refractivity contribution in [3.05, 3.63) is 103 Å². The van der Waals surface area contributed by atoms with Crippen LogP contribution in [0.4, 0.5) is 0 Å². The number of halogens is 2. The van der Waals surface area contributed by atoms with E-state index in [1.807, 2.05) is 12.2 Å². The molecule has 0 radical (unpaired) electrons. The van der Waals surface area contributed by atoms with E-state index in [0.29, 0.717) is 0 Å². The Morgan fingerprint density at radius 1 is 0.833 bits per heavy atom. The second-order valence-electron chi connectivity index (χ2n) is 7.90. The summed E-state index contributed by atoms with van der Waals surface area (Å²) in [4.78, 5) is 0. The first-order chi connectivity index (χ1) is 14.1. The van der Waals surface area contributed by atoms with Crippen molar-refractivity contribution in [3.8, 4) is 11.4 Å². The number of aryl methyl sites for hydroxylation is 3. The van der Waals surface area contributed by atoms with E-state index in [9.17, 15) is 0 Å². The van der Waals surface area contributed by atoms with Crippen molar-refractivity contribution in [2.45, 2.75) is 32.6 Å². The minimum Gasteiger partial charge on any atom is -1.00 e. The maximum atomic E-state index is 4.19. The zero-order chi connectivity index (χ0) is 20.4. The molecule has 1 aromatic carbocycles. The van der Waals surface area contributed by atoms with Gasteiger partial charge in [-0.3, -0.25) is 0 Å². The summed E-state index contributed by atoms with van der Waals surface area (Å²) in [6.45, 7) is 9.88. The Bertz CT molecular complexity index is 1020. The Kier molecular flexibility index (Phi) is 7.15. The number of allylic oxidation sites excluding steroid dienone is 2. The summed E-state index contributed by atoms with van der Waals surface area (Å²) >= 11 is 4.19. The molecule has 0 saturated carbocycles. The fourth-order valence-electron chi connectivity index (χ4n) is 4.23. The minimum absolute atomic E-state index is 0. The van der Waals surface area contributed by atoms with Gasteiger partial charge in [-0.25, -0.2) is 0 Å². The Balaban J connectivity index is 0.00000256. The fraction of sp³-hybridized carbons (Fsp3) is 0.200. The van der Waals surface area contributed by atoms with Gasteiger partial charge in [-0.15, -0.1) is 13.2 Å². The molecule has 0 amide bonds. The van der Waals surface area contributed by atoms with E-state index >= 15 is 0 Å². The van der Waals surface area contributed by atoms with Gasteiger partial charge in [0.2, 0.25) is 11.4 Å². The summed E-state index contributed by atoms with van der Waals surface area (Å²) in [5.74, 6) is 0. The molecule has 1 aliphatic rings. The lowest BCUT2D eigenvalue weighted by Gasteiger charge is -2.19. The summed E-state index contributed by atoms with van der Waals surface area (Å²) in [7, 11) is 0. The quantitative estimate of drug-likeness (QED) is 0.326. The number of hydrogen-bond acceptors (Lipinski definition) is 0. The Labute approximate surface area is 198 Å². The van der Waals surface area contributed by atoms with Crippen LogP contribution >= 0.6 is 15.8 Å². The highest BCUT2D eigenvalue weighted by Gasteiger charge is 2.56. The van der Waals surface area contributed by atoms with Crippen LogP contribution in [0.25, 0.3) is 11.4 Å². The van der Waals surface area contributed by atoms with Crippen molar-refractivity contribution < 1.29 is 25.9 Å². The molecule has 0 spiro atoms. The maximum Gasteiger partial charge on any atom is 0.634 e. The molecule has 4 rings (SSSR count). The average molecular weight is 526 g/mol. The highest BCUT2D eigenvalue weighted by atomic mass is 79.9. The lowest BCUT2D eigenvalue weighted by molar-refractivity contribution is -0.630. The molecule has 0 fully saturated rings. The van der Waals surface area contributed by atoms with Crippen molar-refractivity contribution in [1.82, 2.24) is 0 Å². The third-order valence-electron chi connectivity index (χ3n) is 5.87. The third kappa shape index (κ3) is 3.98. The number of nitrogens with zero attached hydrogens (tertiary/aromatic N) is 2. The molecule has 2 nitrogen and oxygen atoms in total. The summed E-state index contributed by atoms with van der Waals surface area (Å²) in [6, 6.07) is 18.0. The van der Waals surface area contributed by atoms with Gasteiger partial charge in [0.1, 0.15) is 12.4 Å². The first-order valence-electron chi connectivity index (χ1n) is 10.3. The molecule has 0 saturated heterocycles. The highest BCUT2D eigenvalue weighted by Crippen LogP contribution is 2.25. The molecule has 0 bridgehead atoms. The van der Waals surface area contributed by atoms with Crippen molar-refractivity contribution in [3.63, 3.8) is 0 Å². The van der Waals surface area contributed by atoms with Gasteiger partial charge >= 0.3 is 5.24 Å². The highest BCUT2D eigenvalue weighted by molar-refractivity contribution is 9.25. The van der Waals surface area contributed by atoms with Crippen LogP contribution in [0.2, 0.25) is 0 Å². The van der Waals surface area contributed by atoms with Crippen molar-refractivity contribution in [1.29, 1.82) is 0 Å². The van der Waals surface area contributed by atoms with Gasteiger partial charge in [0, 0.05) is 24.3 Å². The van der Waals surface area contributed by atoms with Gasteiger partial charge < -0.3 is 25.9 Å². The van der Waals surface area contributed by atoms with E-state index < -0.39 is 5.24 Å². The van der Waals surface area contributed by atoms with Crippen LogP contribution in [0.15, 0.2) is 86.2 Å². The van der Waals surface area contributed by atoms with Crippen LogP contribution < -0.4 is 31.4 Å². The Hall–Kier alpha value is -1.98. The van der Waals surface area contributed by atoms with E-state index in [2.05, 4.69) is 106 Å². The van der Waals surface area contributed by atoms with Crippen molar-refractivity contribution in [2.24, 2.45) is 0 Å². The van der Waals surface area contributed by atoms with Crippen LogP contribution in [0.1, 0.15) is 29.5 Å². The second kappa shape index (κ2) is 9.44.